The van der Waals surface area contributed by atoms with Gasteiger partial charge in [0.2, 0.25) is 0 Å². The van der Waals surface area contributed by atoms with Gasteiger partial charge in [-0.3, -0.25) is 9.36 Å². The zero-order valence-electron chi connectivity index (χ0n) is 23.3. The van der Waals surface area contributed by atoms with Crippen LogP contribution in [0.1, 0.15) is 50.8 Å². The number of hydrogen-bond acceptors (Lipinski definition) is 9. The Morgan fingerprint density at radius 2 is 1.80 bits per heavy atom. The summed E-state index contributed by atoms with van der Waals surface area (Å²) in [6.45, 7) is 5.78. The standard InChI is InChI=1S/C30H31BrN2O7S/c1-5-8-22-26(29(36)39-7-3)27(21-16-19(31)11-14-23(21)37-4)33-28(35)24(41-30(33)32-22)15-18-9-12-20(13-10-18)40-17-25(34)38-6-2/h9-16,27H,5-8,17H2,1-4H3/b24-15+/t27-/m1/s1. The topological polar surface area (TPSA) is 105 Å². The Morgan fingerprint density at radius 3 is 2.46 bits per heavy atom. The van der Waals surface area contributed by atoms with E-state index in [1.54, 1.807) is 61.9 Å². The molecule has 0 saturated heterocycles. The second-order valence-corrected chi connectivity index (χ2v) is 10.9. The number of thiazole rings is 1. The molecule has 1 aliphatic heterocycles. The van der Waals surface area contributed by atoms with E-state index in [1.807, 2.05) is 19.1 Å². The van der Waals surface area contributed by atoms with E-state index in [-0.39, 0.29) is 25.4 Å². The van der Waals surface area contributed by atoms with Crippen molar-refractivity contribution in [3.05, 3.63) is 89.0 Å². The van der Waals surface area contributed by atoms with Gasteiger partial charge in [0.25, 0.3) is 5.56 Å². The van der Waals surface area contributed by atoms with Crippen molar-refractivity contribution < 1.29 is 28.5 Å². The van der Waals surface area contributed by atoms with Crippen molar-refractivity contribution in [2.75, 3.05) is 26.9 Å². The molecule has 0 aliphatic carbocycles. The normalized spacial score (nSPS) is 14.8. The Kier molecular flexibility index (Phi) is 10.2. The van der Waals surface area contributed by atoms with Gasteiger partial charge >= 0.3 is 11.9 Å². The molecule has 2 aromatic carbocycles. The second-order valence-electron chi connectivity index (χ2n) is 8.96. The molecule has 1 atom stereocenters. The molecule has 0 amide bonds. The smallest absolute Gasteiger partial charge is 0.344 e. The van der Waals surface area contributed by atoms with E-state index in [1.165, 1.54) is 11.3 Å². The molecule has 0 bridgehead atoms. The number of aromatic nitrogens is 1. The Balaban J connectivity index is 1.84. The molecule has 0 unspecified atom stereocenters. The number of halogens is 1. The maximum atomic E-state index is 14.0. The van der Waals surface area contributed by atoms with E-state index >= 15 is 0 Å². The summed E-state index contributed by atoms with van der Waals surface area (Å²) in [5, 5.41) is 0. The third kappa shape index (κ3) is 6.79. The van der Waals surface area contributed by atoms with Crippen molar-refractivity contribution in [3.8, 4) is 11.5 Å². The van der Waals surface area contributed by atoms with Crippen molar-refractivity contribution in [1.82, 2.24) is 4.57 Å². The molecule has 11 heteroatoms. The van der Waals surface area contributed by atoms with Gasteiger partial charge in [-0.05, 0) is 62.2 Å². The third-order valence-corrected chi connectivity index (χ3v) is 7.69. The Bertz CT molecular complexity index is 1640. The molecule has 0 N–H and O–H groups in total. The van der Waals surface area contributed by atoms with Crippen LogP contribution in [0.4, 0.5) is 0 Å². The molecular formula is C30H31BrN2O7S. The van der Waals surface area contributed by atoms with Gasteiger partial charge < -0.3 is 18.9 Å². The summed E-state index contributed by atoms with van der Waals surface area (Å²) < 4.78 is 24.2. The first kappa shape index (κ1) is 30.3. The molecule has 0 saturated carbocycles. The van der Waals surface area contributed by atoms with Gasteiger partial charge in [0.1, 0.15) is 17.5 Å². The molecule has 9 nitrogen and oxygen atoms in total. The fraction of sp³-hybridized carbons (Fsp3) is 0.333. The molecule has 41 heavy (non-hydrogen) atoms. The summed E-state index contributed by atoms with van der Waals surface area (Å²) in [6, 6.07) is 11.7. The lowest BCUT2D eigenvalue weighted by molar-refractivity contribution is -0.145. The van der Waals surface area contributed by atoms with E-state index in [9.17, 15) is 14.4 Å². The Hall–Kier alpha value is -3.70. The second kappa shape index (κ2) is 13.8. The first-order valence-electron chi connectivity index (χ1n) is 13.2. The zero-order valence-corrected chi connectivity index (χ0v) is 25.7. The number of benzene rings is 2. The van der Waals surface area contributed by atoms with Crippen molar-refractivity contribution >= 4 is 45.3 Å². The lowest BCUT2D eigenvalue weighted by Crippen LogP contribution is -2.40. The predicted molar refractivity (Wildman–Crippen MR) is 159 cm³/mol. The van der Waals surface area contributed by atoms with Gasteiger partial charge in [-0.25, -0.2) is 14.6 Å². The first-order chi connectivity index (χ1) is 19.8. The molecule has 2 heterocycles. The summed E-state index contributed by atoms with van der Waals surface area (Å²) in [5.41, 5.74) is 2.03. The van der Waals surface area contributed by atoms with E-state index < -0.39 is 18.0 Å². The van der Waals surface area contributed by atoms with Gasteiger partial charge in [0.15, 0.2) is 11.4 Å². The minimum absolute atomic E-state index is 0.187. The van der Waals surface area contributed by atoms with E-state index in [0.29, 0.717) is 44.1 Å². The largest absolute Gasteiger partial charge is 0.496 e. The lowest BCUT2D eigenvalue weighted by Gasteiger charge is -2.27. The quantitative estimate of drug-likeness (QED) is 0.287. The predicted octanol–water partition coefficient (Wildman–Crippen LogP) is 4.29. The molecule has 0 spiro atoms. The number of allylic oxidation sites excluding steroid dienone is 1. The number of hydrogen-bond donors (Lipinski definition) is 0. The minimum atomic E-state index is -0.792. The highest BCUT2D eigenvalue weighted by molar-refractivity contribution is 9.10. The van der Waals surface area contributed by atoms with Crippen molar-refractivity contribution in [1.29, 1.82) is 0 Å². The fourth-order valence-corrected chi connectivity index (χ4v) is 5.89. The molecule has 4 rings (SSSR count). The van der Waals surface area contributed by atoms with Crippen LogP contribution in [-0.4, -0.2) is 43.4 Å². The van der Waals surface area contributed by atoms with Gasteiger partial charge in [-0.15, -0.1) is 0 Å². The fourth-order valence-electron chi connectivity index (χ4n) is 4.49. The molecule has 1 aliphatic rings. The zero-order chi connectivity index (χ0) is 29.5. The first-order valence-corrected chi connectivity index (χ1v) is 14.9. The number of rotatable bonds is 11. The highest BCUT2D eigenvalue weighted by Gasteiger charge is 2.36. The van der Waals surface area contributed by atoms with Crippen molar-refractivity contribution in [2.24, 2.45) is 4.99 Å². The van der Waals surface area contributed by atoms with Crippen LogP contribution in [-0.2, 0) is 19.1 Å². The van der Waals surface area contributed by atoms with Crippen LogP contribution in [0.15, 0.2) is 68.0 Å². The van der Waals surface area contributed by atoms with Crippen LogP contribution < -0.4 is 24.4 Å². The lowest BCUT2D eigenvalue weighted by atomic mass is 9.93. The van der Waals surface area contributed by atoms with Gasteiger partial charge in [-0.1, -0.05) is 52.7 Å². The van der Waals surface area contributed by atoms with Crippen LogP contribution in [0.2, 0.25) is 0 Å². The van der Waals surface area contributed by atoms with Crippen molar-refractivity contribution in [2.45, 2.75) is 39.7 Å². The molecule has 1 aromatic heterocycles. The number of fused-ring (bicyclic) bond motifs is 1. The summed E-state index contributed by atoms with van der Waals surface area (Å²) in [7, 11) is 1.55. The van der Waals surface area contributed by atoms with Crippen LogP contribution in [0.25, 0.3) is 6.08 Å². The maximum absolute atomic E-state index is 14.0. The van der Waals surface area contributed by atoms with Gasteiger partial charge in [-0.2, -0.15) is 0 Å². The molecule has 0 fully saturated rings. The van der Waals surface area contributed by atoms with Gasteiger partial charge in [0, 0.05) is 10.0 Å². The van der Waals surface area contributed by atoms with E-state index in [2.05, 4.69) is 15.9 Å². The Morgan fingerprint density at radius 1 is 1.07 bits per heavy atom. The number of ether oxygens (including phenoxy) is 4. The minimum Gasteiger partial charge on any atom is -0.496 e. The molecular weight excluding hydrogens is 612 g/mol. The third-order valence-electron chi connectivity index (χ3n) is 6.22. The number of methoxy groups -OCH3 is 1. The summed E-state index contributed by atoms with van der Waals surface area (Å²) in [5.74, 6) is 0.0748. The summed E-state index contributed by atoms with van der Waals surface area (Å²) >= 11 is 4.78. The average Bonchev–Trinajstić information content (AvgIpc) is 3.26. The summed E-state index contributed by atoms with van der Waals surface area (Å²) in [6.07, 6.45) is 3.06. The number of carbonyl (C=O) groups is 2. The maximum Gasteiger partial charge on any atom is 0.344 e. The molecule has 216 valence electrons. The van der Waals surface area contributed by atoms with Crippen LogP contribution in [0, 0.1) is 0 Å². The van der Waals surface area contributed by atoms with Gasteiger partial charge in [0.05, 0.1) is 36.1 Å². The highest BCUT2D eigenvalue weighted by atomic mass is 79.9. The average molecular weight is 644 g/mol. The Labute approximate surface area is 249 Å². The van der Waals surface area contributed by atoms with Crippen LogP contribution in [0.3, 0.4) is 0 Å². The highest BCUT2D eigenvalue weighted by Crippen LogP contribution is 2.38. The molecule has 3 aromatic rings. The number of carbonyl (C=O) groups excluding carboxylic acids is 2. The van der Waals surface area contributed by atoms with Crippen LogP contribution >= 0.6 is 27.3 Å². The SMILES string of the molecule is CCCC1=C(C(=O)OCC)[C@@H](c2cc(Br)ccc2OC)n2c(s/c(=C/c3ccc(OCC(=O)OCC)cc3)c2=O)=N1. The van der Waals surface area contributed by atoms with E-state index in [4.69, 9.17) is 23.9 Å². The summed E-state index contributed by atoms with van der Waals surface area (Å²) in [4.78, 5) is 44.2. The molecule has 0 radical (unpaired) electrons. The van der Waals surface area contributed by atoms with Crippen LogP contribution in [0.5, 0.6) is 11.5 Å². The number of esters is 2. The van der Waals surface area contributed by atoms with Crippen molar-refractivity contribution in [3.63, 3.8) is 0 Å². The monoisotopic (exact) mass is 642 g/mol. The van der Waals surface area contributed by atoms with E-state index in [0.717, 1.165) is 16.5 Å². The number of nitrogens with zero attached hydrogens (tertiary/aromatic N) is 2.